The molecule has 0 heterocycles. The summed E-state index contributed by atoms with van der Waals surface area (Å²) < 4.78 is 0. The predicted octanol–water partition coefficient (Wildman–Crippen LogP) is 0.729. The number of thioether (sulfide) groups is 1. The minimum atomic E-state index is -1.17. The first kappa shape index (κ1) is 33.2. The van der Waals surface area contributed by atoms with Gasteiger partial charge in [0.25, 0.3) is 0 Å². The van der Waals surface area contributed by atoms with Gasteiger partial charge in [-0.25, -0.2) is 4.79 Å². The second-order valence-corrected chi connectivity index (χ2v) is 10.7. The van der Waals surface area contributed by atoms with Crippen LogP contribution in [0.4, 0.5) is 0 Å². The zero-order valence-electron chi connectivity index (χ0n) is 22.4. The number of carbonyl (C=O) groups is 4. The molecule has 0 aromatic heterocycles. The Morgan fingerprint density at radius 3 is 2.03 bits per heavy atom. The van der Waals surface area contributed by atoms with Gasteiger partial charge in [-0.2, -0.15) is 11.8 Å². The Bertz CT molecular complexity index is 899. The molecule has 38 heavy (non-hydrogen) atoms. The number of hydrogen-bond donors (Lipinski definition) is 7. The number of nitrogens with two attached hydrogens (primary N) is 2. The monoisotopic (exact) mass is 553 g/mol. The number of carbonyl (C=O) groups excluding carboxylic acids is 3. The largest absolute Gasteiger partial charge is 0.508 e. The number of phenols is 1. The van der Waals surface area contributed by atoms with Gasteiger partial charge in [0.1, 0.15) is 23.9 Å². The van der Waals surface area contributed by atoms with Crippen molar-refractivity contribution in [3.8, 4) is 5.75 Å². The molecule has 0 aliphatic heterocycles. The first-order valence-corrected chi connectivity index (χ1v) is 14.2. The number of benzene rings is 1. The van der Waals surface area contributed by atoms with E-state index in [0.717, 1.165) is 0 Å². The highest BCUT2D eigenvalue weighted by molar-refractivity contribution is 7.98. The number of rotatable bonds is 18. The van der Waals surface area contributed by atoms with E-state index in [0.29, 0.717) is 43.5 Å². The molecule has 0 saturated carbocycles. The fourth-order valence-electron chi connectivity index (χ4n) is 3.77. The molecule has 0 radical (unpaired) electrons. The lowest BCUT2D eigenvalue weighted by molar-refractivity contribution is -0.142. The Balaban J connectivity index is 3.13. The molecule has 0 saturated heterocycles. The Kier molecular flexibility index (Phi) is 15.4. The van der Waals surface area contributed by atoms with Gasteiger partial charge in [-0.1, -0.05) is 26.0 Å². The van der Waals surface area contributed by atoms with Gasteiger partial charge >= 0.3 is 5.97 Å². The first-order chi connectivity index (χ1) is 18.0. The standard InChI is InChI=1S/C26H43N5O6S/c1-16(2)14-19(28)23(33)29-20(6-4-5-12-27)24(34)31-22(15-17-7-9-18(32)10-8-17)25(35)30-21(26(36)37)11-13-38-3/h7-10,16,19-22,32H,4-6,11-15,27-28H2,1-3H3,(H,29,33)(H,30,35)(H,31,34)(H,36,37). The topological polar surface area (TPSA) is 197 Å². The molecule has 12 heteroatoms. The van der Waals surface area contributed by atoms with Crippen LogP contribution in [0.5, 0.6) is 5.75 Å². The maximum absolute atomic E-state index is 13.3. The minimum absolute atomic E-state index is 0.0437. The van der Waals surface area contributed by atoms with Gasteiger partial charge in [0.05, 0.1) is 6.04 Å². The summed E-state index contributed by atoms with van der Waals surface area (Å²) in [5.41, 5.74) is 12.2. The highest BCUT2D eigenvalue weighted by atomic mass is 32.2. The minimum Gasteiger partial charge on any atom is -0.508 e. The zero-order chi connectivity index (χ0) is 28.7. The highest BCUT2D eigenvalue weighted by Gasteiger charge is 2.30. The van der Waals surface area contributed by atoms with E-state index in [9.17, 15) is 29.4 Å². The van der Waals surface area contributed by atoms with Crippen LogP contribution in [0.1, 0.15) is 51.5 Å². The van der Waals surface area contributed by atoms with Crippen molar-refractivity contribution in [1.29, 1.82) is 0 Å². The first-order valence-electron chi connectivity index (χ1n) is 12.8. The molecule has 4 atom stereocenters. The molecule has 4 unspecified atom stereocenters. The molecule has 0 aliphatic carbocycles. The van der Waals surface area contributed by atoms with Crippen molar-refractivity contribution < 1.29 is 29.4 Å². The number of hydrogen-bond acceptors (Lipinski definition) is 8. The summed E-state index contributed by atoms with van der Waals surface area (Å²) >= 11 is 1.45. The lowest BCUT2D eigenvalue weighted by atomic mass is 10.0. The van der Waals surface area contributed by atoms with Gasteiger partial charge < -0.3 is 37.6 Å². The van der Waals surface area contributed by atoms with Crippen LogP contribution in [-0.4, -0.2) is 76.6 Å². The number of carboxylic acids is 1. The van der Waals surface area contributed by atoms with E-state index >= 15 is 0 Å². The van der Waals surface area contributed by atoms with E-state index < -0.39 is 47.9 Å². The van der Waals surface area contributed by atoms with Crippen LogP contribution in [0.25, 0.3) is 0 Å². The summed E-state index contributed by atoms with van der Waals surface area (Å²) in [4.78, 5) is 50.9. The third-order valence-electron chi connectivity index (χ3n) is 5.88. The molecular weight excluding hydrogens is 510 g/mol. The average molecular weight is 554 g/mol. The molecule has 1 aromatic rings. The number of amides is 3. The van der Waals surface area contributed by atoms with Gasteiger partial charge in [0, 0.05) is 6.42 Å². The molecule has 0 aliphatic rings. The maximum atomic E-state index is 13.3. The molecule has 3 amide bonds. The lowest BCUT2D eigenvalue weighted by Gasteiger charge is -2.25. The molecule has 1 rings (SSSR count). The number of phenolic OH excluding ortho intramolecular Hbond substituents is 1. The summed E-state index contributed by atoms with van der Waals surface area (Å²) in [6.45, 7) is 4.30. The number of carboxylic acid groups (broad SMARTS) is 1. The van der Waals surface area contributed by atoms with E-state index in [1.807, 2.05) is 20.1 Å². The smallest absolute Gasteiger partial charge is 0.326 e. The van der Waals surface area contributed by atoms with Gasteiger partial charge in [-0.05, 0) is 74.3 Å². The van der Waals surface area contributed by atoms with Gasteiger partial charge in [-0.15, -0.1) is 0 Å². The Hall–Kier alpha value is -2.83. The van der Waals surface area contributed by atoms with Crippen LogP contribution >= 0.6 is 11.8 Å². The van der Waals surface area contributed by atoms with Crippen molar-refractivity contribution in [2.75, 3.05) is 18.6 Å². The highest BCUT2D eigenvalue weighted by Crippen LogP contribution is 2.13. The zero-order valence-corrected chi connectivity index (χ0v) is 23.3. The van der Waals surface area contributed by atoms with Crippen LogP contribution in [0.2, 0.25) is 0 Å². The van der Waals surface area contributed by atoms with Crippen molar-refractivity contribution in [3.63, 3.8) is 0 Å². The fourth-order valence-corrected chi connectivity index (χ4v) is 4.24. The molecule has 0 bridgehead atoms. The van der Waals surface area contributed by atoms with Crippen LogP contribution in [0, 0.1) is 5.92 Å². The second-order valence-electron chi connectivity index (χ2n) is 9.69. The van der Waals surface area contributed by atoms with E-state index in [1.54, 1.807) is 12.1 Å². The summed E-state index contributed by atoms with van der Waals surface area (Å²) in [7, 11) is 0. The van der Waals surface area contributed by atoms with E-state index in [1.165, 1.54) is 23.9 Å². The summed E-state index contributed by atoms with van der Waals surface area (Å²) in [5.74, 6) is -2.13. The van der Waals surface area contributed by atoms with E-state index in [-0.39, 0.29) is 24.5 Å². The van der Waals surface area contributed by atoms with Crippen LogP contribution < -0.4 is 27.4 Å². The molecule has 1 aromatic carbocycles. The van der Waals surface area contributed by atoms with E-state index in [2.05, 4.69) is 16.0 Å². The molecule has 214 valence electrons. The Morgan fingerprint density at radius 2 is 1.47 bits per heavy atom. The SMILES string of the molecule is CSCCC(NC(=O)C(Cc1ccc(O)cc1)NC(=O)C(CCCCN)NC(=O)C(N)CC(C)C)C(=O)O. The third kappa shape index (κ3) is 12.6. The number of aliphatic carboxylic acids is 1. The van der Waals surface area contributed by atoms with Crippen molar-refractivity contribution in [2.24, 2.45) is 17.4 Å². The number of aromatic hydroxyl groups is 1. The Labute approximate surface area is 228 Å². The molecule has 0 spiro atoms. The fraction of sp³-hybridized carbons (Fsp3) is 0.615. The van der Waals surface area contributed by atoms with Crippen LogP contribution in [-0.2, 0) is 25.6 Å². The molecule has 0 fully saturated rings. The molecule has 9 N–H and O–H groups in total. The second kappa shape index (κ2) is 17.6. The number of unbranched alkanes of at least 4 members (excludes halogenated alkanes) is 1. The van der Waals surface area contributed by atoms with Crippen LogP contribution in [0.15, 0.2) is 24.3 Å². The molecule has 11 nitrogen and oxygen atoms in total. The van der Waals surface area contributed by atoms with Crippen molar-refractivity contribution >= 4 is 35.5 Å². The Morgan fingerprint density at radius 1 is 0.895 bits per heavy atom. The molecular formula is C26H43N5O6S. The average Bonchev–Trinajstić information content (AvgIpc) is 2.85. The normalized spacial score (nSPS) is 14.3. The lowest BCUT2D eigenvalue weighted by Crippen LogP contribution is -2.57. The van der Waals surface area contributed by atoms with Gasteiger partial charge in [0.2, 0.25) is 17.7 Å². The third-order valence-corrected chi connectivity index (χ3v) is 6.52. The van der Waals surface area contributed by atoms with Crippen molar-refractivity contribution in [2.45, 2.75) is 76.5 Å². The maximum Gasteiger partial charge on any atom is 0.326 e. The quantitative estimate of drug-likeness (QED) is 0.128. The number of nitrogens with one attached hydrogen (secondary N) is 3. The predicted molar refractivity (Wildman–Crippen MR) is 149 cm³/mol. The summed E-state index contributed by atoms with van der Waals surface area (Å²) in [5, 5.41) is 27.1. The van der Waals surface area contributed by atoms with Crippen LogP contribution in [0.3, 0.4) is 0 Å². The summed E-state index contributed by atoms with van der Waals surface area (Å²) in [6, 6.07) is 2.14. The van der Waals surface area contributed by atoms with Crippen molar-refractivity contribution in [3.05, 3.63) is 29.8 Å². The van der Waals surface area contributed by atoms with Crippen molar-refractivity contribution in [1.82, 2.24) is 16.0 Å². The van der Waals surface area contributed by atoms with E-state index in [4.69, 9.17) is 11.5 Å². The van der Waals surface area contributed by atoms with Gasteiger partial charge in [-0.3, -0.25) is 14.4 Å². The van der Waals surface area contributed by atoms with Gasteiger partial charge in [0.15, 0.2) is 0 Å². The summed E-state index contributed by atoms with van der Waals surface area (Å²) in [6.07, 6.45) is 4.05.